The van der Waals surface area contributed by atoms with E-state index in [4.69, 9.17) is 0 Å². The van der Waals surface area contributed by atoms with Crippen LogP contribution >= 0.6 is 0 Å². The molecule has 1 aromatic carbocycles. The number of hydrogen-bond donors (Lipinski definition) is 0. The van der Waals surface area contributed by atoms with Gasteiger partial charge >= 0.3 is 0 Å². The van der Waals surface area contributed by atoms with Crippen molar-refractivity contribution in [1.82, 2.24) is 14.7 Å². The number of likely N-dealkylation sites (N-methyl/N-ethyl adjacent to an activating group) is 1. The van der Waals surface area contributed by atoms with Crippen LogP contribution in [0.25, 0.3) is 0 Å². The van der Waals surface area contributed by atoms with Crippen LogP contribution < -0.4 is 4.90 Å². The Morgan fingerprint density at radius 2 is 1.81 bits per heavy atom. The van der Waals surface area contributed by atoms with Gasteiger partial charge in [0.2, 0.25) is 12.3 Å². The average Bonchev–Trinajstić information content (AvgIpc) is 3.03. The summed E-state index contributed by atoms with van der Waals surface area (Å²) in [6, 6.07) is 5.06. The number of amides is 4. The van der Waals surface area contributed by atoms with Crippen molar-refractivity contribution < 1.29 is 19.2 Å². The number of likely N-dealkylation sites (tertiary alicyclic amines) is 1. The van der Waals surface area contributed by atoms with Crippen molar-refractivity contribution in [2.24, 2.45) is 0 Å². The minimum Gasteiger partial charge on any atom is -0.368 e. The smallest absolute Gasteiger partial charge is 0.255 e. The summed E-state index contributed by atoms with van der Waals surface area (Å²) in [7, 11) is 1.47. The molecule has 0 aliphatic carbocycles. The molecule has 2 saturated heterocycles. The molecule has 27 heavy (non-hydrogen) atoms. The molecule has 0 spiro atoms. The average molecular weight is 370 g/mol. The zero-order valence-corrected chi connectivity index (χ0v) is 15.3. The second-order valence-corrected chi connectivity index (χ2v) is 7.21. The fourth-order valence-electron chi connectivity index (χ4n) is 4.14. The first-order valence-corrected chi connectivity index (χ1v) is 9.19. The highest BCUT2D eigenvalue weighted by atomic mass is 16.2. The summed E-state index contributed by atoms with van der Waals surface area (Å²) in [6.07, 6.45) is 1.51. The summed E-state index contributed by atoms with van der Waals surface area (Å²) < 4.78 is 0. The molecule has 0 N–H and O–H groups in total. The molecule has 4 amide bonds. The van der Waals surface area contributed by atoms with Gasteiger partial charge in [-0.05, 0) is 18.6 Å². The van der Waals surface area contributed by atoms with Crippen LogP contribution in [0.4, 0.5) is 5.69 Å². The van der Waals surface area contributed by atoms with Gasteiger partial charge in [0, 0.05) is 63.0 Å². The molecule has 142 valence electrons. The molecule has 0 bridgehead atoms. The SMILES string of the molecule is CN1C(=O)CCC(N2Cc3c(cccc3N3CCN(C=O)CC3)C2=O)C1=O. The monoisotopic (exact) mass is 370 g/mol. The van der Waals surface area contributed by atoms with Crippen molar-refractivity contribution in [2.75, 3.05) is 38.1 Å². The Bertz CT molecular complexity index is 816. The molecular formula is C19H22N4O4. The van der Waals surface area contributed by atoms with Gasteiger partial charge in [-0.25, -0.2) is 0 Å². The van der Waals surface area contributed by atoms with E-state index in [1.807, 2.05) is 12.1 Å². The number of hydrogen-bond acceptors (Lipinski definition) is 5. The molecule has 8 heteroatoms. The minimum absolute atomic E-state index is 0.153. The Morgan fingerprint density at radius 3 is 2.52 bits per heavy atom. The standard InChI is InChI=1S/C19H22N4O4/c1-20-17(25)6-5-16(19(20)27)23-11-14-13(18(23)26)3-2-4-15(14)22-9-7-21(12-24)8-10-22/h2-4,12,16H,5-11H2,1H3. The number of anilines is 1. The van der Waals surface area contributed by atoms with E-state index in [0.717, 1.165) is 22.6 Å². The Labute approximate surface area is 157 Å². The normalized spacial score (nSPS) is 23.1. The number of carbonyl (C=O) groups excluding carboxylic acids is 4. The van der Waals surface area contributed by atoms with Crippen molar-refractivity contribution in [3.8, 4) is 0 Å². The number of nitrogens with zero attached hydrogens (tertiary/aromatic N) is 4. The van der Waals surface area contributed by atoms with Crippen LogP contribution in [0.5, 0.6) is 0 Å². The molecule has 8 nitrogen and oxygen atoms in total. The zero-order valence-electron chi connectivity index (χ0n) is 15.3. The second kappa shape index (κ2) is 6.68. The highest BCUT2D eigenvalue weighted by Crippen LogP contribution is 2.35. The topological polar surface area (TPSA) is 81.2 Å². The molecule has 2 fully saturated rings. The third kappa shape index (κ3) is 2.85. The number of piperazine rings is 1. The molecule has 0 saturated carbocycles. The van der Waals surface area contributed by atoms with Crippen LogP contribution in [0.2, 0.25) is 0 Å². The highest BCUT2D eigenvalue weighted by molar-refractivity contribution is 6.06. The molecule has 3 aliphatic rings. The highest BCUT2D eigenvalue weighted by Gasteiger charge is 2.42. The van der Waals surface area contributed by atoms with Crippen molar-refractivity contribution in [3.63, 3.8) is 0 Å². The van der Waals surface area contributed by atoms with Crippen LogP contribution in [0.3, 0.4) is 0 Å². The minimum atomic E-state index is -0.590. The van der Waals surface area contributed by atoms with Gasteiger partial charge in [-0.2, -0.15) is 0 Å². The molecule has 0 radical (unpaired) electrons. The summed E-state index contributed by atoms with van der Waals surface area (Å²) >= 11 is 0. The Morgan fingerprint density at radius 1 is 1.07 bits per heavy atom. The summed E-state index contributed by atoms with van der Waals surface area (Å²) in [6.45, 7) is 3.10. The predicted octanol–water partition coefficient (Wildman–Crippen LogP) is 0.0682. The van der Waals surface area contributed by atoms with Crippen LogP contribution in [0.15, 0.2) is 18.2 Å². The van der Waals surface area contributed by atoms with Crippen molar-refractivity contribution in [1.29, 1.82) is 0 Å². The Balaban J connectivity index is 1.58. The fraction of sp³-hybridized carbons (Fsp3) is 0.474. The van der Waals surface area contributed by atoms with Gasteiger partial charge in [-0.15, -0.1) is 0 Å². The third-order valence-corrected chi connectivity index (χ3v) is 5.77. The van der Waals surface area contributed by atoms with Gasteiger partial charge in [-0.3, -0.25) is 24.1 Å². The molecular weight excluding hydrogens is 348 g/mol. The molecule has 1 atom stereocenters. The number of imide groups is 1. The second-order valence-electron chi connectivity index (χ2n) is 7.21. The lowest BCUT2D eigenvalue weighted by Gasteiger charge is -2.35. The summed E-state index contributed by atoms with van der Waals surface area (Å²) in [5.41, 5.74) is 2.54. The maximum Gasteiger partial charge on any atom is 0.255 e. The number of carbonyl (C=O) groups is 4. The summed E-state index contributed by atoms with van der Waals surface area (Å²) in [5.74, 6) is -0.665. The van der Waals surface area contributed by atoms with E-state index in [1.54, 1.807) is 15.9 Å². The molecule has 3 aliphatic heterocycles. The lowest BCUT2D eigenvalue weighted by molar-refractivity contribution is -0.150. The van der Waals surface area contributed by atoms with E-state index >= 15 is 0 Å². The largest absolute Gasteiger partial charge is 0.368 e. The number of fused-ring (bicyclic) bond motifs is 1. The van der Waals surface area contributed by atoms with E-state index in [0.29, 0.717) is 44.7 Å². The predicted molar refractivity (Wildman–Crippen MR) is 97.0 cm³/mol. The van der Waals surface area contributed by atoms with Crippen LogP contribution in [-0.2, 0) is 20.9 Å². The van der Waals surface area contributed by atoms with Crippen molar-refractivity contribution in [2.45, 2.75) is 25.4 Å². The zero-order chi connectivity index (χ0) is 19.1. The van der Waals surface area contributed by atoms with Crippen molar-refractivity contribution in [3.05, 3.63) is 29.3 Å². The van der Waals surface area contributed by atoms with Gasteiger partial charge in [-0.1, -0.05) is 6.07 Å². The van der Waals surface area contributed by atoms with Crippen LogP contribution in [-0.4, -0.2) is 78.1 Å². The van der Waals surface area contributed by atoms with Gasteiger partial charge in [0.1, 0.15) is 6.04 Å². The number of rotatable bonds is 3. The fourth-order valence-corrected chi connectivity index (χ4v) is 4.14. The van der Waals surface area contributed by atoms with Gasteiger partial charge in [0.15, 0.2) is 0 Å². The summed E-state index contributed by atoms with van der Waals surface area (Å²) in [5, 5.41) is 0. The van der Waals surface area contributed by atoms with Gasteiger partial charge in [0.25, 0.3) is 11.8 Å². The molecule has 0 aromatic heterocycles. The first-order valence-electron chi connectivity index (χ1n) is 9.19. The number of benzene rings is 1. The quantitative estimate of drug-likeness (QED) is 0.556. The van der Waals surface area contributed by atoms with Crippen LogP contribution in [0.1, 0.15) is 28.8 Å². The third-order valence-electron chi connectivity index (χ3n) is 5.77. The first kappa shape index (κ1) is 17.5. The van der Waals surface area contributed by atoms with E-state index in [2.05, 4.69) is 4.90 Å². The molecule has 3 heterocycles. The van der Waals surface area contributed by atoms with Gasteiger partial charge in [0.05, 0.1) is 0 Å². The van der Waals surface area contributed by atoms with E-state index < -0.39 is 6.04 Å². The molecule has 1 aromatic rings. The van der Waals surface area contributed by atoms with Crippen molar-refractivity contribution >= 4 is 29.8 Å². The lowest BCUT2D eigenvalue weighted by atomic mass is 10.0. The summed E-state index contributed by atoms with van der Waals surface area (Å²) in [4.78, 5) is 54.8. The Hall–Kier alpha value is -2.90. The van der Waals surface area contributed by atoms with E-state index in [-0.39, 0.29) is 24.1 Å². The lowest BCUT2D eigenvalue weighted by Crippen LogP contribution is -2.53. The molecule has 1 unspecified atom stereocenters. The maximum absolute atomic E-state index is 13.0. The first-order chi connectivity index (χ1) is 13.0. The van der Waals surface area contributed by atoms with E-state index in [1.165, 1.54) is 7.05 Å². The molecule has 4 rings (SSSR count). The van der Waals surface area contributed by atoms with E-state index in [9.17, 15) is 19.2 Å². The Kier molecular flexibility index (Phi) is 4.33. The van der Waals surface area contributed by atoms with Crippen LogP contribution in [0, 0.1) is 0 Å². The van der Waals surface area contributed by atoms with Gasteiger partial charge < -0.3 is 14.7 Å². The maximum atomic E-state index is 13.0. The number of piperidine rings is 1.